The molecule has 4 nitrogen and oxygen atoms in total. The summed E-state index contributed by atoms with van der Waals surface area (Å²) in [5.74, 6) is -0.809. The molecule has 70 valence electrons. The molecule has 0 amide bonds. The number of hydrogen-bond donors (Lipinski definition) is 1. The van der Waals surface area contributed by atoms with Crippen molar-refractivity contribution >= 4 is 5.97 Å². The molecule has 0 aliphatic heterocycles. The number of aromatic nitrogens is 2. The summed E-state index contributed by atoms with van der Waals surface area (Å²) in [6.07, 6.45) is 5.15. The van der Waals surface area contributed by atoms with Gasteiger partial charge in [-0.1, -0.05) is 0 Å². The number of rotatable bonds is 3. The Morgan fingerprint density at radius 3 is 2.46 bits per heavy atom. The van der Waals surface area contributed by atoms with Crippen LogP contribution in [0.5, 0.6) is 0 Å². The van der Waals surface area contributed by atoms with Crippen molar-refractivity contribution < 1.29 is 9.90 Å². The van der Waals surface area contributed by atoms with Crippen LogP contribution < -0.4 is 0 Å². The van der Waals surface area contributed by atoms with Gasteiger partial charge in [0.05, 0.1) is 5.41 Å². The van der Waals surface area contributed by atoms with Crippen LogP contribution in [0.15, 0.2) is 18.7 Å². The summed E-state index contributed by atoms with van der Waals surface area (Å²) in [4.78, 5) is 18.4. The third-order valence-electron chi connectivity index (χ3n) is 1.84. The highest BCUT2D eigenvalue weighted by Gasteiger charge is 2.27. The summed E-state index contributed by atoms with van der Waals surface area (Å²) >= 11 is 0. The van der Waals surface area contributed by atoms with E-state index >= 15 is 0 Å². The normalized spacial score (nSPS) is 11.2. The van der Waals surface area contributed by atoms with Crippen LogP contribution >= 0.6 is 0 Å². The third kappa shape index (κ3) is 2.50. The van der Waals surface area contributed by atoms with Gasteiger partial charge >= 0.3 is 5.97 Å². The van der Waals surface area contributed by atoms with E-state index in [1.807, 2.05) is 0 Å². The Morgan fingerprint density at radius 1 is 1.46 bits per heavy atom. The molecule has 0 aliphatic rings. The van der Waals surface area contributed by atoms with Gasteiger partial charge in [-0.2, -0.15) is 0 Å². The Morgan fingerprint density at radius 2 is 2.00 bits per heavy atom. The fraction of sp³-hybridized carbons (Fsp3) is 0.444. The van der Waals surface area contributed by atoms with Crippen molar-refractivity contribution in [3.05, 3.63) is 24.3 Å². The van der Waals surface area contributed by atoms with E-state index in [0.717, 1.165) is 5.56 Å². The SMILES string of the molecule is CC(C)(Cc1cncnc1)C(=O)O. The Bertz CT molecular complexity index is 296. The van der Waals surface area contributed by atoms with Crippen LogP contribution in [0.3, 0.4) is 0 Å². The highest BCUT2D eigenvalue weighted by atomic mass is 16.4. The molecule has 0 saturated carbocycles. The molecule has 0 saturated heterocycles. The monoisotopic (exact) mass is 180 g/mol. The van der Waals surface area contributed by atoms with E-state index < -0.39 is 11.4 Å². The summed E-state index contributed by atoms with van der Waals surface area (Å²) in [6, 6.07) is 0. The number of nitrogens with zero attached hydrogens (tertiary/aromatic N) is 2. The molecular weight excluding hydrogens is 168 g/mol. The topological polar surface area (TPSA) is 63.1 Å². The van der Waals surface area contributed by atoms with Crippen LogP contribution in [0.4, 0.5) is 0 Å². The maximum absolute atomic E-state index is 10.8. The van der Waals surface area contributed by atoms with E-state index in [1.165, 1.54) is 6.33 Å². The van der Waals surface area contributed by atoms with Crippen LogP contribution in [-0.2, 0) is 11.2 Å². The van der Waals surface area contributed by atoms with Gasteiger partial charge in [0, 0.05) is 12.4 Å². The molecule has 0 radical (unpaired) electrons. The first kappa shape index (κ1) is 9.64. The first-order chi connectivity index (χ1) is 6.02. The molecule has 1 N–H and O–H groups in total. The van der Waals surface area contributed by atoms with E-state index in [0.29, 0.717) is 6.42 Å². The van der Waals surface area contributed by atoms with Gasteiger partial charge in [-0.25, -0.2) is 9.97 Å². The summed E-state index contributed by atoms with van der Waals surface area (Å²) in [5.41, 5.74) is 0.0833. The molecule has 0 aromatic carbocycles. The number of hydrogen-bond acceptors (Lipinski definition) is 3. The molecule has 4 heteroatoms. The second-order valence-corrected chi connectivity index (χ2v) is 3.61. The Labute approximate surface area is 76.7 Å². The lowest BCUT2D eigenvalue weighted by atomic mass is 9.87. The van der Waals surface area contributed by atoms with Crippen molar-refractivity contribution in [2.75, 3.05) is 0 Å². The molecule has 1 aromatic rings. The minimum atomic E-state index is -0.809. The van der Waals surface area contributed by atoms with Crippen LogP contribution in [0, 0.1) is 5.41 Å². The number of aliphatic carboxylic acids is 1. The first-order valence-corrected chi connectivity index (χ1v) is 3.99. The van der Waals surface area contributed by atoms with Gasteiger partial charge < -0.3 is 5.11 Å². The zero-order valence-corrected chi connectivity index (χ0v) is 7.69. The van der Waals surface area contributed by atoms with Gasteiger partial charge in [-0.3, -0.25) is 4.79 Å². The van der Waals surface area contributed by atoms with Crippen LogP contribution in [-0.4, -0.2) is 21.0 Å². The number of carbonyl (C=O) groups is 1. The third-order valence-corrected chi connectivity index (χ3v) is 1.84. The molecule has 1 rings (SSSR count). The van der Waals surface area contributed by atoms with E-state index in [1.54, 1.807) is 26.2 Å². The molecule has 0 spiro atoms. The molecule has 1 heterocycles. The Balaban J connectivity index is 2.75. The zero-order chi connectivity index (χ0) is 9.90. The van der Waals surface area contributed by atoms with E-state index in [9.17, 15) is 4.79 Å². The fourth-order valence-electron chi connectivity index (χ4n) is 1.01. The minimum Gasteiger partial charge on any atom is -0.481 e. The average Bonchev–Trinajstić information content (AvgIpc) is 2.05. The smallest absolute Gasteiger partial charge is 0.309 e. The van der Waals surface area contributed by atoms with Gasteiger partial charge in [0.1, 0.15) is 6.33 Å². The predicted molar refractivity (Wildman–Crippen MR) is 47.2 cm³/mol. The van der Waals surface area contributed by atoms with Gasteiger partial charge in [0.25, 0.3) is 0 Å². The lowest BCUT2D eigenvalue weighted by molar-refractivity contribution is -0.146. The Kier molecular flexibility index (Phi) is 2.60. The minimum absolute atomic E-state index is 0.448. The summed E-state index contributed by atoms with van der Waals surface area (Å²) in [7, 11) is 0. The molecule has 13 heavy (non-hydrogen) atoms. The molecule has 1 aromatic heterocycles. The largest absolute Gasteiger partial charge is 0.481 e. The highest BCUT2D eigenvalue weighted by Crippen LogP contribution is 2.20. The molecule has 0 fully saturated rings. The molecule has 0 bridgehead atoms. The van der Waals surface area contributed by atoms with Gasteiger partial charge in [-0.05, 0) is 25.8 Å². The quantitative estimate of drug-likeness (QED) is 0.757. The van der Waals surface area contributed by atoms with E-state index in [4.69, 9.17) is 5.11 Å². The lowest BCUT2D eigenvalue weighted by Crippen LogP contribution is -2.26. The van der Waals surface area contributed by atoms with Crippen molar-refractivity contribution in [3.63, 3.8) is 0 Å². The van der Waals surface area contributed by atoms with E-state index in [-0.39, 0.29) is 0 Å². The standard InChI is InChI=1S/C9H12N2O2/c1-9(2,8(12)13)3-7-4-10-6-11-5-7/h4-6H,3H2,1-2H3,(H,12,13). The average molecular weight is 180 g/mol. The lowest BCUT2D eigenvalue weighted by Gasteiger charge is -2.17. The summed E-state index contributed by atoms with van der Waals surface area (Å²) < 4.78 is 0. The van der Waals surface area contributed by atoms with Gasteiger partial charge in [0.2, 0.25) is 0 Å². The van der Waals surface area contributed by atoms with Crippen LogP contribution in [0.25, 0.3) is 0 Å². The highest BCUT2D eigenvalue weighted by molar-refractivity contribution is 5.73. The molecule has 0 aliphatic carbocycles. The second-order valence-electron chi connectivity index (χ2n) is 3.61. The summed E-state index contributed by atoms with van der Waals surface area (Å²) in [5, 5.41) is 8.86. The van der Waals surface area contributed by atoms with Gasteiger partial charge in [-0.15, -0.1) is 0 Å². The maximum atomic E-state index is 10.8. The van der Waals surface area contributed by atoms with Crippen LogP contribution in [0.2, 0.25) is 0 Å². The number of carboxylic acids is 1. The first-order valence-electron chi connectivity index (χ1n) is 3.99. The fourth-order valence-corrected chi connectivity index (χ4v) is 1.01. The Hall–Kier alpha value is -1.45. The second kappa shape index (κ2) is 3.51. The number of carboxylic acid groups (broad SMARTS) is 1. The van der Waals surface area contributed by atoms with Crippen molar-refractivity contribution in [2.45, 2.75) is 20.3 Å². The van der Waals surface area contributed by atoms with Crippen molar-refractivity contribution in [1.29, 1.82) is 0 Å². The summed E-state index contributed by atoms with van der Waals surface area (Å²) in [6.45, 7) is 3.37. The maximum Gasteiger partial charge on any atom is 0.309 e. The van der Waals surface area contributed by atoms with Gasteiger partial charge in [0.15, 0.2) is 0 Å². The molecule has 0 atom stereocenters. The predicted octanol–water partition coefficient (Wildman–Crippen LogP) is 1.13. The van der Waals surface area contributed by atoms with Crippen molar-refractivity contribution in [3.8, 4) is 0 Å². The van der Waals surface area contributed by atoms with Crippen LogP contribution in [0.1, 0.15) is 19.4 Å². The molecule has 0 unspecified atom stereocenters. The zero-order valence-electron chi connectivity index (χ0n) is 7.69. The molecular formula is C9H12N2O2. The van der Waals surface area contributed by atoms with E-state index in [2.05, 4.69) is 9.97 Å². The van der Waals surface area contributed by atoms with Crippen molar-refractivity contribution in [1.82, 2.24) is 9.97 Å². The van der Waals surface area contributed by atoms with Crippen molar-refractivity contribution in [2.24, 2.45) is 5.41 Å².